The van der Waals surface area contributed by atoms with Gasteiger partial charge in [0.15, 0.2) is 0 Å². The van der Waals surface area contributed by atoms with Crippen LogP contribution in [0.3, 0.4) is 0 Å². The molecule has 2 nitrogen and oxygen atoms in total. The largest absolute Gasteiger partial charge is 0.399 e. The first kappa shape index (κ1) is 10.4. The second-order valence-corrected chi connectivity index (χ2v) is 3.92. The van der Waals surface area contributed by atoms with Crippen molar-refractivity contribution in [2.75, 3.05) is 5.73 Å². The summed E-state index contributed by atoms with van der Waals surface area (Å²) in [5.74, 6) is 0. The molecule has 72 valence electrons. The average molecular weight is 199 g/mol. The Morgan fingerprint density at radius 1 is 1.46 bits per heavy atom. The Balaban J connectivity index is 3.20. The summed E-state index contributed by atoms with van der Waals surface area (Å²) in [5.41, 5.74) is 12.9. The van der Waals surface area contributed by atoms with Gasteiger partial charge in [0.2, 0.25) is 0 Å². The highest BCUT2D eigenvalue weighted by Gasteiger charge is 2.21. The first-order valence-electron chi connectivity index (χ1n) is 4.32. The van der Waals surface area contributed by atoms with Crippen LogP contribution in [-0.2, 0) is 5.54 Å². The third-order valence-corrected chi connectivity index (χ3v) is 2.67. The molecule has 1 aromatic carbocycles. The van der Waals surface area contributed by atoms with E-state index in [1.807, 2.05) is 19.9 Å². The highest BCUT2D eigenvalue weighted by atomic mass is 35.5. The molecule has 0 saturated heterocycles. The van der Waals surface area contributed by atoms with Crippen molar-refractivity contribution < 1.29 is 0 Å². The van der Waals surface area contributed by atoms with E-state index in [9.17, 15) is 0 Å². The zero-order chi connectivity index (χ0) is 10.1. The summed E-state index contributed by atoms with van der Waals surface area (Å²) < 4.78 is 0. The van der Waals surface area contributed by atoms with Crippen molar-refractivity contribution in [2.45, 2.75) is 25.8 Å². The van der Waals surface area contributed by atoms with Crippen LogP contribution < -0.4 is 11.5 Å². The molecule has 4 N–H and O–H groups in total. The summed E-state index contributed by atoms with van der Waals surface area (Å²) in [7, 11) is 0. The molecular formula is C10H15ClN2. The quantitative estimate of drug-likeness (QED) is 0.718. The Morgan fingerprint density at radius 3 is 2.62 bits per heavy atom. The molecule has 0 aromatic heterocycles. The molecule has 0 bridgehead atoms. The minimum atomic E-state index is -0.396. The van der Waals surface area contributed by atoms with Crippen LogP contribution in [0, 0.1) is 0 Å². The first-order valence-corrected chi connectivity index (χ1v) is 4.69. The number of anilines is 1. The molecule has 0 amide bonds. The van der Waals surface area contributed by atoms with Crippen LogP contribution in [0.15, 0.2) is 18.2 Å². The van der Waals surface area contributed by atoms with E-state index in [0.29, 0.717) is 10.7 Å². The van der Waals surface area contributed by atoms with Crippen molar-refractivity contribution in [1.29, 1.82) is 0 Å². The van der Waals surface area contributed by atoms with Gasteiger partial charge in [-0.05, 0) is 37.1 Å². The van der Waals surface area contributed by atoms with E-state index in [1.165, 1.54) is 0 Å². The maximum atomic E-state index is 6.07. The number of nitrogens with two attached hydrogens (primary N) is 2. The van der Waals surface area contributed by atoms with E-state index in [2.05, 4.69) is 0 Å². The summed E-state index contributed by atoms with van der Waals surface area (Å²) >= 11 is 6.02. The van der Waals surface area contributed by atoms with Crippen LogP contribution >= 0.6 is 11.6 Å². The van der Waals surface area contributed by atoms with Gasteiger partial charge < -0.3 is 11.5 Å². The number of rotatable bonds is 2. The van der Waals surface area contributed by atoms with E-state index >= 15 is 0 Å². The lowest BCUT2D eigenvalue weighted by atomic mass is 9.90. The number of hydrogen-bond donors (Lipinski definition) is 2. The van der Waals surface area contributed by atoms with E-state index in [4.69, 9.17) is 23.1 Å². The predicted molar refractivity (Wildman–Crippen MR) is 57.7 cm³/mol. The van der Waals surface area contributed by atoms with E-state index in [0.717, 1.165) is 12.0 Å². The molecule has 1 aromatic rings. The lowest BCUT2D eigenvalue weighted by molar-refractivity contribution is 0.477. The highest BCUT2D eigenvalue weighted by molar-refractivity contribution is 6.31. The van der Waals surface area contributed by atoms with Crippen molar-refractivity contribution in [3.8, 4) is 0 Å². The Hall–Kier alpha value is -0.730. The topological polar surface area (TPSA) is 52.0 Å². The van der Waals surface area contributed by atoms with Gasteiger partial charge in [0.05, 0.1) is 0 Å². The first-order chi connectivity index (χ1) is 5.97. The smallest absolute Gasteiger partial charge is 0.0457 e. The molecule has 0 aliphatic heterocycles. The molecule has 0 radical (unpaired) electrons. The van der Waals surface area contributed by atoms with Crippen molar-refractivity contribution in [3.63, 3.8) is 0 Å². The third kappa shape index (κ3) is 2.14. The molecule has 0 aliphatic carbocycles. The number of benzene rings is 1. The van der Waals surface area contributed by atoms with Crippen LogP contribution in [0.1, 0.15) is 25.8 Å². The highest BCUT2D eigenvalue weighted by Crippen LogP contribution is 2.29. The van der Waals surface area contributed by atoms with Crippen LogP contribution in [0.4, 0.5) is 5.69 Å². The van der Waals surface area contributed by atoms with E-state index < -0.39 is 5.54 Å². The minimum Gasteiger partial charge on any atom is -0.399 e. The summed E-state index contributed by atoms with van der Waals surface area (Å²) in [5, 5.41) is 0.682. The third-order valence-electron chi connectivity index (χ3n) is 2.34. The van der Waals surface area contributed by atoms with Crippen LogP contribution in [0.25, 0.3) is 0 Å². The molecule has 1 atom stereocenters. The van der Waals surface area contributed by atoms with Crippen molar-refractivity contribution in [1.82, 2.24) is 0 Å². The molecule has 0 heterocycles. The van der Waals surface area contributed by atoms with Crippen LogP contribution in [-0.4, -0.2) is 0 Å². The predicted octanol–water partition coefficient (Wildman–Crippen LogP) is 2.51. The molecule has 3 heteroatoms. The van der Waals surface area contributed by atoms with Crippen LogP contribution in [0.2, 0.25) is 5.02 Å². The summed E-state index contributed by atoms with van der Waals surface area (Å²) in [6, 6.07) is 5.40. The van der Waals surface area contributed by atoms with Crippen molar-refractivity contribution in [3.05, 3.63) is 28.8 Å². The molecule has 0 spiro atoms. The fourth-order valence-electron chi connectivity index (χ4n) is 1.17. The fraction of sp³-hybridized carbons (Fsp3) is 0.400. The lowest BCUT2D eigenvalue weighted by Crippen LogP contribution is -2.32. The standard InChI is InChI=1S/C10H15ClN2/c1-3-10(2,13)8-6-7(12)4-5-9(8)11/h4-6H,3,12-13H2,1-2H3. The summed E-state index contributed by atoms with van der Waals surface area (Å²) in [4.78, 5) is 0. The SMILES string of the molecule is CCC(C)(N)c1cc(N)ccc1Cl. The monoisotopic (exact) mass is 198 g/mol. The maximum Gasteiger partial charge on any atom is 0.0457 e. The molecular weight excluding hydrogens is 184 g/mol. The second kappa shape index (κ2) is 3.56. The zero-order valence-electron chi connectivity index (χ0n) is 7.97. The van der Waals surface area contributed by atoms with Gasteiger partial charge in [0, 0.05) is 16.2 Å². The number of hydrogen-bond acceptors (Lipinski definition) is 2. The average Bonchev–Trinajstić information content (AvgIpc) is 2.09. The summed E-state index contributed by atoms with van der Waals surface area (Å²) in [6.45, 7) is 3.98. The lowest BCUT2D eigenvalue weighted by Gasteiger charge is -2.24. The fourth-order valence-corrected chi connectivity index (χ4v) is 1.50. The minimum absolute atomic E-state index is 0.396. The Labute approximate surface area is 83.9 Å². The van der Waals surface area contributed by atoms with Gasteiger partial charge in [-0.1, -0.05) is 18.5 Å². The van der Waals surface area contributed by atoms with Gasteiger partial charge >= 0.3 is 0 Å². The normalized spacial score (nSPS) is 15.4. The number of nitrogen functional groups attached to an aromatic ring is 1. The van der Waals surface area contributed by atoms with Gasteiger partial charge in [-0.25, -0.2) is 0 Å². The van der Waals surface area contributed by atoms with Crippen LogP contribution in [0.5, 0.6) is 0 Å². The van der Waals surface area contributed by atoms with Gasteiger partial charge in [-0.2, -0.15) is 0 Å². The maximum absolute atomic E-state index is 6.07. The molecule has 0 saturated carbocycles. The molecule has 0 aliphatic rings. The molecule has 1 rings (SSSR count). The van der Waals surface area contributed by atoms with Gasteiger partial charge in [0.1, 0.15) is 0 Å². The second-order valence-electron chi connectivity index (χ2n) is 3.51. The van der Waals surface area contributed by atoms with Gasteiger partial charge in [-0.3, -0.25) is 0 Å². The Bertz CT molecular complexity index is 308. The van der Waals surface area contributed by atoms with Crippen molar-refractivity contribution in [2.24, 2.45) is 5.73 Å². The van der Waals surface area contributed by atoms with Gasteiger partial charge in [0.25, 0.3) is 0 Å². The molecule has 0 fully saturated rings. The number of halogens is 1. The van der Waals surface area contributed by atoms with Gasteiger partial charge in [-0.15, -0.1) is 0 Å². The molecule has 13 heavy (non-hydrogen) atoms. The summed E-state index contributed by atoms with van der Waals surface area (Å²) in [6.07, 6.45) is 0.830. The van der Waals surface area contributed by atoms with E-state index in [-0.39, 0.29) is 0 Å². The Kier molecular flexibility index (Phi) is 2.84. The zero-order valence-corrected chi connectivity index (χ0v) is 8.73. The van der Waals surface area contributed by atoms with E-state index in [1.54, 1.807) is 12.1 Å². The Morgan fingerprint density at radius 2 is 2.08 bits per heavy atom. The van der Waals surface area contributed by atoms with Crippen molar-refractivity contribution >= 4 is 17.3 Å². The molecule has 1 unspecified atom stereocenters.